The average Bonchev–Trinajstić information content (AvgIpc) is 3.19. The number of hydrogen-bond acceptors (Lipinski definition) is 6. The minimum atomic E-state index is -3.65. The van der Waals surface area contributed by atoms with Crippen LogP contribution in [0.2, 0.25) is 0 Å². The molecular formula is C19H30N4O4S. The van der Waals surface area contributed by atoms with Crippen molar-refractivity contribution in [3.8, 4) is 5.75 Å². The zero-order chi connectivity index (χ0) is 20.3. The molecule has 1 aliphatic heterocycles. The summed E-state index contributed by atoms with van der Waals surface area (Å²) in [6.07, 6.45) is 5.11. The highest BCUT2D eigenvalue weighted by molar-refractivity contribution is 7.89. The first-order chi connectivity index (χ1) is 13.4. The van der Waals surface area contributed by atoms with Crippen LogP contribution in [0.3, 0.4) is 0 Å². The number of carbonyl (C=O) groups is 1. The van der Waals surface area contributed by atoms with Gasteiger partial charge in [-0.15, -0.1) is 0 Å². The summed E-state index contributed by atoms with van der Waals surface area (Å²) in [4.78, 5) is 12.8. The minimum Gasteiger partial charge on any atom is -0.495 e. The molecule has 1 saturated carbocycles. The second-order valence-electron chi connectivity index (χ2n) is 7.62. The Hall–Kier alpha value is -1.68. The molecule has 8 nitrogen and oxygen atoms in total. The van der Waals surface area contributed by atoms with Crippen molar-refractivity contribution >= 4 is 15.9 Å². The smallest absolute Gasteiger partial charge is 0.244 e. The van der Waals surface area contributed by atoms with Crippen LogP contribution in [0.1, 0.15) is 50.6 Å². The second-order valence-corrected chi connectivity index (χ2v) is 9.48. The Morgan fingerprint density at radius 1 is 1.21 bits per heavy atom. The normalized spacial score (nSPS) is 28.1. The Labute approximate surface area is 166 Å². The minimum absolute atomic E-state index is 0.00895. The van der Waals surface area contributed by atoms with E-state index in [1.807, 2.05) is 6.07 Å². The second kappa shape index (κ2) is 8.77. The predicted molar refractivity (Wildman–Crippen MR) is 106 cm³/mol. The molecule has 156 valence electrons. The first-order valence-electron chi connectivity index (χ1n) is 9.78. The van der Waals surface area contributed by atoms with Crippen LogP contribution in [-0.2, 0) is 14.8 Å². The summed E-state index contributed by atoms with van der Waals surface area (Å²) in [7, 11) is -0.850. The Balaban J connectivity index is 1.69. The number of carbonyl (C=O) groups excluding carboxylic acids is 1. The third-order valence-electron chi connectivity index (χ3n) is 5.81. The van der Waals surface area contributed by atoms with Gasteiger partial charge in [0.1, 0.15) is 16.7 Å². The molecule has 9 heteroatoms. The molecular weight excluding hydrogens is 380 g/mol. The van der Waals surface area contributed by atoms with Crippen molar-refractivity contribution in [2.75, 3.05) is 14.2 Å². The van der Waals surface area contributed by atoms with Crippen LogP contribution in [-0.4, -0.2) is 40.6 Å². The van der Waals surface area contributed by atoms with Gasteiger partial charge in [0.15, 0.2) is 0 Å². The number of ether oxygens (including phenoxy) is 1. The lowest BCUT2D eigenvalue weighted by molar-refractivity contribution is -0.124. The monoisotopic (exact) mass is 410 g/mol. The molecule has 1 aromatic rings. The number of nitrogens with one attached hydrogen (secondary N) is 4. The quantitative estimate of drug-likeness (QED) is 0.561. The van der Waals surface area contributed by atoms with Crippen molar-refractivity contribution in [3.63, 3.8) is 0 Å². The highest BCUT2D eigenvalue weighted by Gasteiger charge is 2.33. The zero-order valence-electron chi connectivity index (χ0n) is 16.6. The maximum absolute atomic E-state index is 12.7. The molecule has 1 aromatic carbocycles. The topological polar surface area (TPSA) is 109 Å². The molecule has 3 rings (SSSR count). The van der Waals surface area contributed by atoms with Gasteiger partial charge in [-0.3, -0.25) is 4.79 Å². The third kappa shape index (κ3) is 4.48. The van der Waals surface area contributed by atoms with E-state index in [2.05, 4.69) is 27.8 Å². The molecule has 0 aromatic heterocycles. The molecule has 0 spiro atoms. The summed E-state index contributed by atoms with van der Waals surface area (Å²) < 4.78 is 32.1. The molecule has 1 amide bonds. The Morgan fingerprint density at radius 3 is 2.64 bits per heavy atom. The van der Waals surface area contributed by atoms with E-state index in [-0.39, 0.29) is 34.7 Å². The fourth-order valence-corrected chi connectivity index (χ4v) is 4.92. The highest BCUT2D eigenvalue weighted by atomic mass is 32.2. The summed E-state index contributed by atoms with van der Waals surface area (Å²) in [5.74, 6) is 0.772. The molecule has 2 aliphatic rings. The molecule has 4 N–H and O–H groups in total. The van der Waals surface area contributed by atoms with E-state index in [1.54, 1.807) is 12.1 Å². The SMILES string of the molecule is CNS(=O)(=O)c1cc(C2CC(C(=O)NC3CCCCC3C)NN2)ccc1OC. The van der Waals surface area contributed by atoms with Gasteiger partial charge >= 0.3 is 0 Å². The first-order valence-corrected chi connectivity index (χ1v) is 11.3. The van der Waals surface area contributed by atoms with E-state index in [0.717, 1.165) is 24.8 Å². The summed E-state index contributed by atoms with van der Waals surface area (Å²) >= 11 is 0. The predicted octanol–water partition coefficient (Wildman–Crippen LogP) is 1.21. The molecule has 1 heterocycles. The van der Waals surface area contributed by atoms with Gasteiger partial charge in [0.2, 0.25) is 15.9 Å². The summed E-state index contributed by atoms with van der Waals surface area (Å²) in [6.45, 7) is 2.19. The van der Waals surface area contributed by atoms with Crippen LogP contribution >= 0.6 is 0 Å². The number of methoxy groups -OCH3 is 1. The summed E-state index contributed by atoms with van der Waals surface area (Å²) in [6, 6.07) is 4.75. The molecule has 1 saturated heterocycles. The molecule has 2 fully saturated rings. The van der Waals surface area contributed by atoms with Gasteiger partial charge in [0, 0.05) is 12.1 Å². The lowest BCUT2D eigenvalue weighted by Gasteiger charge is -2.30. The van der Waals surface area contributed by atoms with Crippen molar-refractivity contribution in [2.24, 2.45) is 5.92 Å². The number of hydrazine groups is 1. The fraction of sp³-hybridized carbons (Fsp3) is 0.632. The van der Waals surface area contributed by atoms with E-state index in [9.17, 15) is 13.2 Å². The summed E-state index contributed by atoms with van der Waals surface area (Å²) in [5, 5.41) is 3.18. The largest absolute Gasteiger partial charge is 0.495 e. The Kier molecular flexibility index (Phi) is 6.59. The van der Waals surface area contributed by atoms with Crippen molar-refractivity contribution in [1.29, 1.82) is 0 Å². The first kappa shape index (κ1) is 21.0. The van der Waals surface area contributed by atoms with Gasteiger partial charge in [-0.1, -0.05) is 25.8 Å². The van der Waals surface area contributed by atoms with Crippen molar-refractivity contribution in [2.45, 2.75) is 62.0 Å². The van der Waals surface area contributed by atoms with Crippen molar-refractivity contribution in [3.05, 3.63) is 23.8 Å². The van der Waals surface area contributed by atoms with Gasteiger partial charge in [0.25, 0.3) is 0 Å². The Morgan fingerprint density at radius 2 is 1.96 bits per heavy atom. The number of benzene rings is 1. The van der Waals surface area contributed by atoms with Crippen molar-refractivity contribution in [1.82, 2.24) is 20.9 Å². The lowest BCUT2D eigenvalue weighted by Crippen LogP contribution is -2.49. The van der Waals surface area contributed by atoms with E-state index >= 15 is 0 Å². The lowest BCUT2D eigenvalue weighted by atomic mass is 9.85. The van der Waals surface area contributed by atoms with Crippen LogP contribution in [0.25, 0.3) is 0 Å². The summed E-state index contributed by atoms with van der Waals surface area (Å²) in [5.41, 5.74) is 6.95. The van der Waals surface area contributed by atoms with Gasteiger partial charge in [0.05, 0.1) is 7.11 Å². The van der Waals surface area contributed by atoms with Gasteiger partial charge < -0.3 is 10.1 Å². The standard InChI is InChI=1S/C19H30N4O4S/c1-12-6-4-5-7-14(12)21-19(24)16-11-15(22-23-16)13-8-9-17(27-3)18(10-13)28(25,26)20-2/h8-10,12,14-16,20,22-23H,4-7,11H2,1-3H3,(H,21,24). The maximum Gasteiger partial charge on any atom is 0.244 e. The molecule has 28 heavy (non-hydrogen) atoms. The molecule has 0 bridgehead atoms. The number of hydrogen-bond donors (Lipinski definition) is 4. The van der Waals surface area contributed by atoms with Crippen LogP contribution in [0.15, 0.2) is 23.1 Å². The Bertz CT molecular complexity index is 814. The zero-order valence-corrected chi connectivity index (χ0v) is 17.4. The molecule has 4 atom stereocenters. The van der Waals surface area contributed by atoms with Crippen molar-refractivity contribution < 1.29 is 17.9 Å². The van der Waals surface area contributed by atoms with Gasteiger partial charge in [-0.25, -0.2) is 24.0 Å². The molecule has 0 radical (unpaired) electrons. The molecule has 1 aliphatic carbocycles. The van der Waals surface area contributed by atoms with Gasteiger partial charge in [-0.05, 0) is 49.9 Å². The van der Waals surface area contributed by atoms with Crippen LogP contribution < -0.4 is 25.6 Å². The molecule has 4 unspecified atom stereocenters. The van der Waals surface area contributed by atoms with E-state index < -0.39 is 10.0 Å². The van der Waals surface area contributed by atoms with Crippen LogP contribution in [0.5, 0.6) is 5.75 Å². The highest BCUT2D eigenvalue weighted by Crippen LogP contribution is 2.30. The van der Waals surface area contributed by atoms with Crippen LogP contribution in [0.4, 0.5) is 0 Å². The number of rotatable bonds is 6. The average molecular weight is 411 g/mol. The van der Waals surface area contributed by atoms with E-state index in [1.165, 1.54) is 20.6 Å². The van der Waals surface area contributed by atoms with Crippen LogP contribution in [0, 0.1) is 5.92 Å². The van der Waals surface area contributed by atoms with E-state index in [0.29, 0.717) is 12.3 Å². The van der Waals surface area contributed by atoms with Gasteiger partial charge in [-0.2, -0.15) is 0 Å². The third-order valence-corrected chi connectivity index (χ3v) is 7.24. The van der Waals surface area contributed by atoms with E-state index in [4.69, 9.17) is 4.74 Å². The fourth-order valence-electron chi connectivity index (χ4n) is 3.99. The number of sulfonamides is 1. The number of amides is 1. The maximum atomic E-state index is 12.7.